The molecule has 1 fully saturated rings. The third-order valence-corrected chi connectivity index (χ3v) is 4.36. The van der Waals surface area contributed by atoms with Crippen molar-refractivity contribution in [3.05, 3.63) is 41.8 Å². The molecule has 2 aromatic heterocycles. The molecule has 1 aliphatic rings. The van der Waals surface area contributed by atoms with Crippen molar-refractivity contribution in [2.75, 3.05) is 0 Å². The molecule has 3 aromatic rings. The first-order valence-corrected chi connectivity index (χ1v) is 7.51. The van der Waals surface area contributed by atoms with Crippen molar-refractivity contribution < 1.29 is 17.7 Å². The van der Waals surface area contributed by atoms with Crippen LogP contribution in [0.15, 0.2) is 28.8 Å². The zero-order valence-corrected chi connectivity index (χ0v) is 12.5. The van der Waals surface area contributed by atoms with Gasteiger partial charge in [-0.2, -0.15) is 18.2 Å². The lowest BCUT2D eigenvalue weighted by Gasteiger charge is -2.34. The number of para-hydroxylation sites is 2. The summed E-state index contributed by atoms with van der Waals surface area (Å²) in [6.07, 6.45) is -2.11. The Hall–Kier alpha value is -2.42. The van der Waals surface area contributed by atoms with Crippen LogP contribution in [0.25, 0.3) is 11.0 Å². The van der Waals surface area contributed by atoms with E-state index in [4.69, 9.17) is 10.3 Å². The Balaban J connectivity index is 1.74. The van der Waals surface area contributed by atoms with Gasteiger partial charge in [-0.3, -0.25) is 0 Å². The van der Waals surface area contributed by atoms with E-state index < -0.39 is 17.5 Å². The molecular weight excluding hydrogens is 323 g/mol. The number of hydrogen-bond donors (Lipinski definition) is 1. The van der Waals surface area contributed by atoms with E-state index in [2.05, 4.69) is 15.1 Å². The second-order valence-corrected chi connectivity index (χ2v) is 6.03. The van der Waals surface area contributed by atoms with Gasteiger partial charge in [-0.15, -0.1) is 0 Å². The molecular formula is C15H14F3N5O. The highest BCUT2D eigenvalue weighted by Crippen LogP contribution is 2.37. The molecule has 9 heteroatoms. The van der Waals surface area contributed by atoms with E-state index in [9.17, 15) is 13.2 Å². The average molecular weight is 337 g/mol. The summed E-state index contributed by atoms with van der Waals surface area (Å²) in [5, 5.41) is 3.84. The van der Waals surface area contributed by atoms with Crippen LogP contribution in [0.4, 0.5) is 13.2 Å². The summed E-state index contributed by atoms with van der Waals surface area (Å²) in [6.45, 7) is -0.210. The number of imidazole rings is 1. The van der Waals surface area contributed by atoms with Crippen LogP contribution in [0.2, 0.25) is 0 Å². The van der Waals surface area contributed by atoms with Gasteiger partial charge in [0.2, 0.25) is 11.7 Å². The molecule has 0 amide bonds. The number of alkyl halides is 3. The van der Waals surface area contributed by atoms with Crippen LogP contribution in [0.3, 0.4) is 0 Å². The summed E-state index contributed by atoms with van der Waals surface area (Å²) in [4.78, 5) is 7.88. The normalized spacial score (nSPS) is 17.2. The van der Waals surface area contributed by atoms with Gasteiger partial charge in [-0.25, -0.2) is 4.98 Å². The second-order valence-electron chi connectivity index (χ2n) is 6.03. The van der Waals surface area contributed by atoms with Crippen molar-refractivity contribution >= 4 is 11.0 Å². The molecule has 1 aliphatic carbocycles. The number of halogens is 3. The molecule has 6 nitrogen and oxygen atoms in total. The topological polar surface area (TPSA) is 82.8 Å². The van der Waals surface area contributed by atoms with Crippen LogP contribution in [0, 0.1) is 0 Å². The Bertz CT molecular complexity index is 894. The minimum Gasteiger partial charge on any atom is -0.337 e. The van der Waals surface area contributed by atoms with Crippen molar-refractivity contribution in [1.29, 1.82) is 0 Å². The summed E-state index contributed by atoms with van der Waals surface area (Å²) in [7, 11) is 0. The quantitative estimate of drug-likeness (QED) is 0.795. The fraction of sp³-hybridized carbons (Fsp3) is 0.400. The molecule has 0 unspecified atom stereocenters. The molecule has 126 valence electrons. The number of nitrogens with two attached hydrogens (primary N) is 1. The van der Waals surface area contributed by atoms with Crippen LogP contribution in [0.1, 0.15) is 36.8 Å². The Morgan fingerprint density at radius 1 is 1.21 bits per heavy atom. The number of benzene rings is 1. The lowest BCUT2D eigenvalue weighted by atomic mass is 9.77. The first kappa shape index (κ1) is 15.1. The Kier molecular flexibility index (Phi) is 3.17. The van der Waals surface area contributed by atoms with Gasteiger partial charge in [0.05, 0.1) is 16.6 Å². The van der Waals surface area contributed by atoms with Crippen LogP contribution >= 0.6 is 0 Å². The number of fused-ring (bicyclic) bond motifs is 1. The van der Waals surface area contributed by atoms with E-state index in [0.717, 1.165) is 23.8 Å². The van der Waals surface area contributed by atoms with Gasteiger partial charge in [-0.1, -0.05) is 17.3 Å². The predicted molar refractivity (Wildman–Crippen MR) is 77.9 cm³/mol. The molecule has 0 radical (unpaired) electrons. The van der Waals surface area contributed by atoms with Crippen LogP contribution in [-0.2, 0) is 18.3 Å². The molecule has 24 heavy (non-hydrogen) atoms. The van der Waals surface area contributed by atoms with Crippen molar-refractivity contribution in [2.24, 2.45) is 5.73 Å². The van der Waals surface area contributed by atoms with Crippen molar-refractivity contribution in [3.63, 3.8) is 0 Å². The number of hydrogen-bond acceptors (Lipinski definition) is 5. The Morgan fingerprint density at radius 3 is 2.62 bits per heavy atom. The Morgan fingerprint density at radius 2 is 1.96 bits per heavy atom. The summed E-state index contributed by atoms with van der Waals surface area (Å²) in [6, 6.07) is 6.40. The minimum absolute atomic E-state index is 0.0791. The summed E-state index contributed by atoms with van der Waals surface area (Å²) in [5.74, 6) is -0.563. The van der Waals surface area contributed by atoms with Crippen LogP contribution in [-0.4, -0.2) is 19.7 Å². The largest absolute Gasteiger partial charge is 0.449 e. The lowest BCUT2D eigenvalue weighted by Crippen LogP contribution is -2.44. The zero-order chi connectivity index (χ0) is 16.9. The molecule has 0 saturated heterocycles. The maximum absolute atomic E-state index is 13.3. The molecule has 0 spiro atoms. The van der Waals surface area contributed by atoms with Crippen molar-refractivity contribution in [2.45, 2.75) is 37.5 Å². The van der Waals surface area contributed by atoms with E-state index in [0.29, 0.717) is 11.3 Å². The first-order valence-electron chi connectivity index (χ1n) is 7.51. The van der Waals surface area contributed by atoms with E-state index in [1.165, 1.54) is 6.07 Å². The van der Waals surface area contributed by atoms with E-state index in [1.54, 1.807) is 18.2 Å². The summed E-state index contributed by atoms with van der Waals surface area (Å²) < 4.78 is 46.0. The fourth-order valence-corrected chi connectivity index (χ4v) is 2.89. The first-order chi connectivity index (χ1) is 11.4. The van der Waals surface area contributed by atoms with Crippen molar-refractivity contribution in [3.8, 4) is 0 Å². The highest BCUT2D eigenvalue weighted by Gasteiger charge is 2.40. The third-order valence-electron chi connectivity index (χ3n) is 4.36. The molecule has 1 saturated carbocycles. The van der Waals surface area contributed by atoms with Crippen LogP contribution in [0.5, 0.6) is 0 Å². The van der Waals surface area contributed by atoms with Gasteiger partial charge in [0.15, 0.2) is 5.82 Å². The van der Waals surface area contributed by atoms with Gasteiger partial charge in [0, 0.05) is 0 Å². The Labute approximate surface area is 134 Å². The fourth-order valence-electron chi connectivity index (χ4n) is 2.89. The summed E-state index contributed by atoms with van der Waals surface area (Å²) >= 11 is 0. The molecule has 2 heterocycles. The van der Waals surface area contributed by atoms with Crippen molar-refractivity contribution in [1.82, 2.24) is 19.7 Å². The number of aromatic nitrogens is 4. The standard InChI is InChI=1S/C15H14F3N5O/c16-15(17,18)13-20-9-4-1-2-5-10(9)23(13)8-11-21-12(22-24-11)14(19)6-3-7-14/h1-2,4-5H,3,6-8,19H2. The molecule has 4 rings (SSSR count). The van der Waals surface area contributed by atoms with Gasteiger partial charge in [0.25, 0.3) is 0 Å². The minimum atomic E-state index is -4.58. The molecule has 0 aliphatic heterocycles. The molecule has 2 N–H and O–H groups in total. The van der Waals surface area contributed by atoms with Crippen LogP contribution < -0.4 is 5.73 Å². The van der Waals surface area contributed by atoms with E-state index in [1.807, 2.05) is 0 Å². The molecule has 0 bridgehead atoms. The third kappa shape index (κ3) is 2.35. The van der Waals surface area contributed by atoms with Gasteiger partial charge in [-0.05, 0) is 31.4 Å². The number of nitrogens with zero attached hydrogens (tertiary/aromatic N) is 4. The SMILES string of the molecule is NC1(c2noc(Cn3c(C(F)(F)F)nc4ccccc43)n2)CCC1. The molecule has 1 aromatic carbocycles. The average Bonchev–Trinajstić information content (AvgIpc) is 3.10. The maximum Gasteiger partial charge on any atom is 0.449 e. The van der Waals surface area contributed by atoms with E-state index in [-0.39, 0.29) is 18.0 Å². The monoisotopic (exact) mass is 337 g/mol. The highest BCUT2D eigenvalue weighted by atomic mass is 19.4. The van der Waals surface area contributed by atoms with Gasteiger partial charge < -0.3 is 14.8 Å². The lowest BCUT2D eigenvalue weighted by molar-refractivity contribution is -0.146. The van der Waals surface area contributed by atoms with E-state index >= 15 is 0 Å². The zero-order valence-electron chi connectivity index (χ0n) is 12.5. The smallest absolute Gasteiger partial charge is 0.337 e. The number of rotatable bonds is 3. The summed E-state index contributed by atoms with van der Waals surface area (Å²) in [5.41, 5.74) is 6.12. The second kappa shape index (κ2) is 5.04. The van der Waals surface area contributed by atoms with Gasteiger partial charge >= 0.3 is 6.18 Å². The van der Waals surface area contributed by atoms with Gasteiger partial charge in [0.1, 0.15) is 6.54 Å². The highest BCUT2D eigenvalue weighted by molar-refractivity contribution is 5.76. The predicted octanol–water partition coefficient (Wildman–Crippen LogP) is 2.82. The maximum atomic E-state index is 13.3. The molecule has 0 atom stereocenters.